The summed E-state index contributed by atoms with van der Waals surface area (Å²) < 4.78 is 5.87. The van der Waals surface area contributed by atoms with E-state index < -0.39 is 0 Å². The molecule has 22 heavy (non-hydrogen) atoms. The number of quaternary nitrogens is 1. The highest BCUT2D eigenvalue weighted by Gasteiger charge is 2.22. The Kier molecular flexibility index (Phi) is 5.63. The fourth-order valence-electron chi connectivity index (χ4n) is 2.22. The minimum absolute atomic E-state index is 0.0597. The maximum Gasteiger partial charge on any atom is 0.278 e. The first-order chi connectivity index (χ1) is 10.5. The lowest BCUT2D eigenvalue weighted by atomic mass is 10.2. The lowest BCUT2D eigenvalue weighted by Gasteiger charge is -2.19. The van der Waals surface area contributed by atoms with Gasteiger partial charge in [0.2, 0.25) is 0 Å². The Morgan fingerprint density at radius 1 is 1.27 bits per heavy atom. The highest BCUT2D eigenvalue weighted by molar-refractivity contribution is 6.30. The zero-order valence-electron chi connectivity index (χ0n) is 13.2. The fraction of sp³-hybridized carbons (Fsp3) is 0.353. The lowest BCUT2D eigenvalue weighted by Crippen LogP contribution is -3.12. The van der Waals surface area contributed by atoms with Crippen molar-refractivity contribution >= 4 is 17.5 Å². The van der Waals surface area contributed by atoms with Crippen molar-refractivity contribution in [2.75, 3.05) is 13.6 Å². The van der Waals surface area contributed by atoms with Gasteiger partial charge in [-0.1, -0.05) is 11.6 Å². The summed E-state index contributed by atoms with van der Waals surface area (Å²) in [5, 5.41) is 3.55. The number of halogens is 1. The molecule has 1 unspecified atom stereocenters. The molecule has 2 N–H and O–H groups in total. The number of amides is 1. The van der Waals surface area contributed by atoms with Gasteiger partial charge in [-0.05, 0) is 50.2 Å². The van der Waals surface area contributed by atoms with Crippen molar-refractivity contribution in [2.24, 2.45) is 0 Å². The van der Waals surface area contributed by atoms with E-state index in [-0.39, 0.29) is 11.9 Å². The van der Waals surface area contributed by atoms with Crippen LogP contribution in [0.25, 0.3) is 11.3 Å². The molecule has 2 aromatic rings. The molecule has 0 aliphatic heterocycles. The quantitative estimate of drug-likeness (QED) is 0.856. The molecule has 0 radical (unpaired) electrons. The van der Waals surface area contributed by atoms with Crippen LogP contribution in [0.2, 0.25) is 5.02 Å². The van der Waals surface area contributed by atoms with Crippen molar-refractivity contribution < 1.29 is 14.1 Å². The van der Waals surface area contributed by atoms with E-state index in [0.717, 1.165) is 22.0 Å². The molecular weight excluding hydrogens is 300 g/mol. The summed E-state index contributed by atoms with van der Waals surface area (Å²) in [6.07, 6.45) is 0. The molecule has 1 aromatic heterocycles. The van der Waals surface area contributed by atoms with Crippen molar-refractivity contribution in [2.45, 2.75) is 26.4 Å². The topological polar surface area (TPSA) is 46.7 Å². The molecule has 118 valence electrons. The Bertz CT molecular complexity index is 622. The number of hydrogen-bond acceptors (Lipinski definition) is 2. The third-order valence-corrected chi connectivity index (χ3v) is 3.98. The standard InChI is InChI=1S/C17H21ClN2O2/c1-4-19-17(21)12(2)20(3)11-15-9-10-16(22-15)13-5-7-14(18)8-6-13/h5-10,12H,4,11H2,1-3H3,(H,19,21)/p+1/t12-/m1/s1. The van der Waals surface area contributed by atoms with Gasteiger partial charge in [-0.2, -0.15) is 0 Å². The first-order valence-corrected chi connectivity index (χ1v) is 7.83. The predicted molar refractivity (Wildman–Crippen MR) is 87.9 cm³/mol. The minimum Gasteiger partial charge on any atom is -0.455 e. The van der Waals surface area contributed by atoms with Gasteiger partial charge in [0.25, 0.3) is 5.91 Å². The van der Waals surface area contributed by atoms with Crippen LogP contribution < -0.4 is 10.2 Å². The second kappa shape index (κ2) is 7.47. The zero-order chi connectivity index (χ0) is 16.1. The fourth-order valence-corrected chi connectivity index (χ4v) is 2.35. The van der Waals surface area contributed by atoms with E-state index in [1.165, 1.54) is 0 Å². The van der Waals surface area contributed by atoms with Gasteiger partial charge in [0.1, 0.15) is 12.3 Å². The summed E-state index contributed by atoms with van der Waals surface area (Å²) in [7, 11) is 1.99. The molecule has 0 spiro atoms. The Labute approximate surface area is 136 Å². The van der Waals surface area contributed by atoms with Gasteiger partial charge in [0.05, 0.1) is 7.05 Å². The molecule has 0 bridgehead atoms. The van der Waals surface area contributed by atoms with Crippen molar-refractivity contribution in [1.29, 1.82) is 0 Å². The van der Waals surface area contributed by atoms with Crippen LogP contribution in [0.5, 0.6) is 0 Å². The normalized spacial score (nSPS) is 13.6. The number of rotatable bonds is 6. The molecule has 1 aromatic carbocycles. The molecule has 4 nitrogen and oxygen atoms in total. The van der Waals surface area contributed by atoms with Crippen molar-refractivity contribution in [1.82, 2.24) is 5.32 Å². The van der Waals surface area contributed by atoms with E-state index in [0.29, 0.717) is 18.1 Å². The molecule has 2 rings (SSSR count). The maximum atomic E-state index is 11.9. The molecule has 1 heterocycles. The summed E-state index contributed by atoms with van der Waals surface area (Å²) in [5.74, 6) is 1.73. The third kappa shape index (κ3) is 4.12. The highest BCUT2D eigenvalue weighted by Crippen LogP contribution is 2.23. The molecule has 5 heteroatoms. The summed E-state index contributed by atoms with van der Waals surface area (Å²) in [6.45, 7) is 5.15. The number of nitrogens with one attached hydrogen (secondary N) is 2. The van der Waals surface area contributed by atoms with Crippen molar-refractivity contribution in [3.63, 3.8) is 0 Å². The number of benzene rings is 1. The van der Waals surface area contributed by atoms with Gasteiger partial charge in [-0.25, -0.2) is 0 Å². The van der Waals surface area contributed by atoms with Gasteiger partial charge < -0.3 is 14.6 Å². The largest absolute Gasteiger partial charge is 0.455 e. The number of carbonyl (C=O) groups is 1. The number of carbonyl (C=O) groups excluding carboxylic acids is 1. The average molecular weight is 322 g/mol. The third-order valence-electron chi connectivity index (χ3n) is 3.73. The summed E-state index contributed by atoms with van der Waals surface area (Å²) in [6, 6.07) is 11.3. The van der Waals surface area contributed by atoms with Crippen LogP contribution in [0.1, 0.15) is 19.6 Å². The zero-order valence-corrected chi connectivity index (χ0v) is 13.9. The van der Waals surface area contributed by atoms with Crippen molar-refractivity contribution in [3.05, 3.63) is 47.2 Å². The first kappa shape index (κ1) is 16.6. The van der Waals surface area contributed by atoms with E-state index in [9.17, 15) is 4.79 Å². The Morgan fingerprint density at radius 2 is 1.95 bits per heavy atom. The molecule has 0 saturated carbocycles. The van der Waals surface area contributed by atoms with E-state index in [2.05, 4.69) is 5.32 Å². The number of hydrogen-bond donors (Lipinski definition) is 2. The summed E-state index contributed by atoms with van der Waals surface area (Å²) in [4.78, 5) is 12.9. The van der Waals surface area contributed by atoms with Crippen molar-refractivity contribution in [3.8, 4) is 11.3 Å². The predicted octanol–water partition coefficient (Wildman–Crippen LogP) is 2.14. The second-order valence-corrected chi connectivity index (χ2v) is 5.85. The SMILES string of the molecule is CCNC(=O)[C@@H](C)[NH+](C)Cc1ccc(-c2ccc(Cl)cc2)o1. The molecule has 2 atom stereocenters. The van der Waals surface area contributed by atoms with E-state index in [1.807, 2.05) is 57.3 Å². The Hall–Kier alpha value is -1.78. The van der Waals surface area contributed by atoms with Gasteiger partial charge in [-0.3, -0.25) is 4.79 Å². The van der Waals surface area contributed by atoms with Gasteiger partial charge in [0.15, 0.2) is 11.8 Å². The van der Waals surface area contributed by atoms with Crippen LogP contribution in [-0.2, 0) is 11.3 Å². The number of likely N-dealkylation sites (N-methyl/N-ethyl adjacent to an activating group) is 2. The van der Waals surface area contributed by atoms with Crippen LogP contribution in [0.15, 0.2) is 40.8 Å². The summed E-state index contributed by atoms with van der Waals surface area (Å²) >= 11 is 5.89. The molecule has 0 aliphatic carbocycles. The number of furan rings is 1. The van der Waals surface area contributed by atoms with Crippen LogP contribution in [0, 0.1) is 0 Å². The first-order valence-electron chi connectivity index (χ1n) is 7.46. The second-order valence-electron chi connectivity index (χ2n) is 5.41. The van der Waals surface area contributed by atoms with Gasteiger partial charge in [0, 0.05) is 17.1 Å². The molecular formula is C17H22ClN2O2+. The van der Waals surface area contributed by atoms with E-state index in [4.69, 9.17) is 16.0 Å². The smallest absolute Gasteiger partial charge is 0.278 e. The molecule has 0 aliphatic rings. The lowest BCUT2D eigenvalue weighted by molar-refractivity contribution is -0.909. The Morgan fingerprint density at radius 3 is 2.59 bits per heavy atom. The molecule has 0 fully saturated rings. The van der Waals surface area contributed by atoms with Crippen LogP contribution in [-0.4, -0.2) is 25.5 Å². The van der Waals surface area contributed by atoms with Gasteiger partial charge >= 0.3 is 0 Å². The van der Waals surface area contributed by atoms with E-state index in [1.54, 1.807) is 0 Å². The maximum absolute atomic E-state index is 11.9. The van der Waals surface area contributed by atoms with Gasteiger partial charge in [-0.15, -0.1) is 0 Å². The molecule has 0 saturated heterocycles. The highest BCUT2D eigenvalue weighted by atomic mass is 35.5. The minimum atomic E-state index is -0.121. The van der Waals surface area contributed by atoms with Crippen LogP contribution in [0.3, 0.4) is 0 Å². The van der Waals surface area contributed by atoms with Crippen LogP contribution >= 0.6 is 11.6 Å². The average Bonchev–Trinajstić information content (AvgIpc) is 2.95. The van der Waals surface area contributed by atoms with E-state index >= 15 is 0 Å². The molecule has 1 amide bonds. The van der Waals surface area contributed by atoms with Crippen LogP contribution in [0.4, 0.5) is 0 Å². The summed E-state index contributed by atoms with van der Waals surface area (Å²) in [5.41, 5.74) is 0.991. The Balaban J connectivity index is 2.02. The monoisotopic (exact) mass is 321 g/mol.